The molecule has 0 bridgehead atoms. The lowest BCUT2D eigenvalue weighted by Crippen LogP contribution is -2.00. The van der Waals surface area contributed by atoms with Crippen molar-refractivity contribution in [3.63, 3.8) is 0 Å². The molecule has 0 heterocycles. The van der Waals surface area contributed by atoms with Crippen molar-refractivity contribution in [1.29, 1.82) is 0 Å². The molecule has 0 unspecified atom stereocenters. The highest BCUT2D eigenvalue weighted by molar-refractivity contribution is 14.3. The van der Waals surface area contributed by atoms with Crippen LogP contribution in [0, 0.1) is 0 Å². The molecule has 0 atom stereocenters. The number of benzene rings is 1. The third-order valence-electron chi connectivity index (χ3n) is 1.46. The van der Waals surface area contributed by atoms with Crippen LogP contribution in [0.1, 0.15) is 15.9 Å². The Balaban J connectivity index is 3.01. The zero-order valence-corrected chi connectivity index (χ0v) is 12.8. The lowest BCUT2D eigenvalue weighted by Gasteiger charge is -2.12. The second-order valence-corrected chi connectivity index (χ2v) is 13.4. The first kappa shape index (κ1) is 12.0. The van der Waals surface area contributed by atoms with Crippen LogP contribution in [0.4, 0.5) is 0 Å². The summed E-state index contributed by atoms with van der Waals surface area (Å²) in [6.45, 7) is 0. The number of carboxylic acids is 1. The maximum atomic E-state index is 10.6. The summed E-state index contributed by atoms with van der Waals surface area (Å²) in [6, 6.07) is 6.94. The second kappa shape index (κ2) is 4.60. The summed E-state index contributed by atoms with van der Waals surface area (Å²) < 4.78 is -0.00961. The highest BCUT2D eigenvalue weighted by Gasteiger charge is 2.20. The van der Waals surface area contributed by atoms with E-state index in [0.29, 0.717) is 5.56 Å². The highest BCUT2D eigenvalue weighted by atomic mass is 127. The van der Waals surface area contributed by atoms with Gasteiger partial charge in [0, 0.05) is 0 Å². The molecular formula is C8H5I3O2. The van der Waals surface area contributed by atoms with Gasteiger partial charge in [0.15, 0.2) is 0 Å². The maximum absolute atomic E-state index is 10.6. The summed E-state index contributed by atoms with van der Waals surface area (Å²) in [5.74, 6) is -0.882. The minimum atomic E-state index is -0.882. The van der Waals surface area contributed by atoms with E-state index in [1.165, 1.54) is 0 Å². The smallest absolute Gasteiger partial charge is 0.335 e. The average molecular weight is 514 g/mol. The molecule has 0 radical (unpaired) electrons. The van der Waals surface area contributed by atoms with Crippen LogP contribution in [0.25, 0.3) is 0 Å². The first-order valence-corrected chi connectivity index (χ1v) is 6.55. The molecule has 0 saturated heterocycles. The lowest BCUT2D eigenvalue weighted by atomic mass is 10.2. The summed E-state index contributed by atoms with van der Waals surface area (Å²) in [5, 5.41) is 8.67. The van der Waals surface area contributed by atoms with E-state index in [4.69, 9.17) is 5.11 Å². The summed E-state index contributed by atoms with van der Waals surface area (Å²) in [6.07, 6.45) is 0. The van der Waals surface area contributed by atoms with E-state index in [1.807, 2.05) is 12.1 Å². The standard InChI is InChI=1S/C8H5I3O2/c9-8(10,11)6-3-1-5(2-4-6)7(12)13/h1-4H,(H,12,13). The van der Waals surface area contributed by atoms with E-state index in [-0.39, 0.29) is -0.565 Å². The van der Waals surface area contributed by atoms with Gasteiger partial charge in [0.05, 0.1) is 5.56 Å². The van der Waals surface area contributed by atoms with Gasteiger partial charge in [0.25, 0.3) is 0 Å². The Morgan fingerprint density at radius 1 is 1.15 bits per heavy atom. The quantitative estimate of drug-likeness (QED) is 0.483. The number of alkyl halides is 3. The fraction of sp³-hybridized carbons (Fsp3) is 0.125. The molecule has 0 aliphatic rings. The fourth-order valence-corrected chi connectivity index (χ4v) is 1.88. The first-order chi connectivity index (χ1) is 5.91. The summed E-state index contributed by atoms with van der Waals surface area (Å²) in [7, 11) is 0. The lowest BCUT2D eigenvalue weighted by molar-refractivity contribution is 0.0697. The fourth-order valence-electron chi connectivity index (χ4n) is 0.802. The van der Waals surface area contributed by atoms with Crippen molar-refractivity contribution in [3.8, 4) is 0 Å². The molecule has 0 fully saturated rings. The molecule has 1 rings (SSSR count). The Kier molecular flexibility index (Phi) is 4.23. The van der Waals surface area contributed by atoms with Crippen LogP contribution in [-0.4, -0.2) is 11.1 Å². The minimum Gasteiger partial charge on any atom is -0.478 e. The monoisotopic (exact) mass is 514 g/mol. The average Bonchev–Trinajstić information content (AvgIpc) is 2.03. The van der Waals surface area contributed by atoms with Gasteiger partial charge in [0.1, 0.15) is -0.565 Å². The topological polar surface area (TPSA) is 37.3 Å². The van der Waals surface area contributed by atoms with Gasteiger partial charge in [0.2, 0.25) is 0 Å². The molecule has 13 heavy (non-hydrogen) atoms. The molecule has 0 aliphatic heterocycles. The minimum absolute atomic E-state index is 0.00961. The van der Waals surface area contributed by atoms with Crippen molar-refractivity contribution >= 4 is 73.7 Å². The molecule has 1 N–H and O–H groups in total. The number of carboxylic acid groups (broad SMARTS) is 1. The molecule has 2 nitrogen and oxygen atoms in total. The molecule has 0 saturated carbocycles. The van der Waals surface area contributed by atoms with Crippen molar-refractivity contribution in [1.82, 2.24) is 0 Å². The zero-order valence-electron chi connectivity index (χ0n) is 6.30. The molecule has 0 aliphatic carbocycles. The van der Waals surface area contributed by atoms with Gasteiger partial charge in [-0.25, -0.2) is 4.79 Å². The second-order valence-electron chi connectivity index (χ2n) is 2.38. The summed E-state index contributed by atoms with van der Waals surface area (Å²) >= 11 is 6.89. The molecule has 0 aromatic heterocycles. The predicted octanol–water partition coefficient (Wildman–Crippen LogP) is 3.80. The van der Waals surface area contributed by atoms with Crippen LogP contribution < -0.4 is 0 Å². The maximum Gasteiger partial charge on any atom is 0.335 e. The summed E-state index contributed by atoms with van der Waals surface area (Å²) in [4.78, 5) is 10.6. The molecular weight excluding hydrogens is 509 g/mol. The zero-order chi connectivity index (χ0) is 10.1. The Bertz CT molecular complexity index is 313. The molecule has 0 spiro atoms. The predicted molar refractivity (Wildman–Crippen MR) is 77.1 cm³/mol. The van der Waals surface area contributed by atoms with Crippen LogP contribution in [0.2, 0.25) is 0 Å². The van der Waals surface area contributed by atoms with Gasteiger partial charge in [-0.2, -0.15) is 0 Å². The Hall–Kier alpha value is 0.880. The SMILES string of the molecule is O=C(O)c1ccc(C(I)(I)I)cc1. The first-order valence-electron chi connectivity index (χ1n) is 3.32. The Morgan fingerprint density at radius 2 is 1.62 bits per heavy atom. The molecule has 1 aromatic carbocycles. The van der Waals surface area contributed by atoms with E-state index in [0.717, 1.165) is 5.56 Å². The van der Waals surface area contributed by atoms with Crippen molar-refractivity contribution in [2.24, 2.45) is 0 Å². The number of rotatable bonds is 2. The van der Waals surface area contributed by atoms with Gasteiger partial charge in [-0.3, -0.25) is 0 Å². The van der Waals surface area contributed by atoms with Crippen molar-refractivity contribution in [2.45, 2.75) is -0.565 Å². The van der Waals surface area contributed by atoms with Crippen molar-refractivity contribution in [3.05, 3.63) is 35.4 Å². The van der Waals surface area contributed by atoms with Crippen LogP contribution >= 0.6 is 67.8 Å². The van der Waals surface area contributed by atoms with Gasteiger partial charge in [-0.1, -0.05) is 12.1 Å². The molecule has 1 aromatic rings. The largest absolute Gasteiger partial charge is 0.478 e. The Labute approximate surface area is 117 Å². The third kappa shape index (κ3) is 3.50. The number of carbonyl (C=O) groups is 1. The van der Waals surface area contributed by atoms with Gasteiger partial charge < -0.3 is 5.11 Å². The van der Waals surface area contributed by atoms with E-state index in [2.05, 4.69) is 67.8 Å². The van der Waals surface area contributed by atoms with Crippen LogP contribution in [0.15, 0.2) is 24.3 Å². The number of hydrogen-bond acceptors (Lipinski definition) is 1. The van der Waals surface area contributed by atoms with Gasteiger partial charge >= 0.3 is 5.97 Å². The van der Waals surface area contributed by atoms with Gasteiger partial charge in [-0.05, 0) is 85.5 Å². The van der Waals surface area contributed by atoms with E-state index < -0.39 is 5.97 Å². The van der Waals surface area contributed by atoms with Crippen LogP contribution in [0.5, 0.6) is 0 Å². The molecule has 0 amide bonds. The van der Waals surface area contributed by atoms with Crippen molar-refractivity contribution in [2.75, 3.05) is 0 Å². The van der Waals surface area contributed by atoms with Crippen LogP contribution in [-0.2, 0) is -0.565 Å². The molecule has 70 valence electrons. The van der Waals surface area contributed by atoms with E-state index in [9.17, 15) is 4.79 Å². The van der Waals surface area contributed by atoms with Crippen molar-refractivity contribution < 1.29 is 9.90 Å². The molecule has 5 heteroatoms. The Morgan fingerprint density at radius 3 is 1.92 bits per heavy atom. The van der Waals surface area contributed by atoms with Crippen LogP contribution in [0.3, 0.4) is 0 Å². The highest BCUT2D eigenvalue weighted by Crippen LogP contribution is 2.45. The summed E-state index contributed by atoms with van der Waals surface area (Å²) in [5.41, 5.74) is 1.44. The third-order valence-corrected chi connectivity index (χ3v) is 3.33. The normalized spacial score (nSPS) is 11.3. The van der Waals surface area contributed by atoms with Gasteiger partial charge in [-0.15, -0.1) is 0 Å². The van der Waals surface area contributed by atoms with E-state index >= 15 is 0 Å². The number of aromatic carboxylic acids is 1. The van der Waals surface area contributed by atoms with E-state index in [1.54, 1.807) is 12.1 Å². The number of halogens is 3. The number of hydrogen-bond donors (Lipinski definition) is 1.